The SMILES string of the molecule is C[N+](C)(C)c1ccc(-c2c3nc(c(-c4ccccc4)c4ccc([nH]4)c(-c4ccc([N+](C)(C)C)cc4)c4nc(c(-c5ccccc5)c5ccc2[nH]5)C=C4)C=C3)cc1. The number of quaternary nitrogens is 2. The van der Waals surface area contributed by atoms with Crippen LogP contribution in [0, 0.1) is 0 Å². The average molecular weight is 731 g/mol. The van der Waals surface area contributed by atoms with Crippen LogP contribution in [-0.4, -0.2) is 62.2 Å². The molecule has 6 nitrogen and oxygen atoms in total. The van der Waals surface area contributed by atoms with Crippen molar-refractivity contribution in [1.29, 1.82) is 0 Å². The van der Waals surface area contributed by atoms with Crippen molar-refractivity contribution in [3.63, 3.8) is 0 Å². The number of hydrogen-bond acceptors (Lipinski definition) is 2. The highest BCUT2D eigenvalue weighted by molar-refractivity contribution is 6.00. The van der Waals surface area contributed by atoms with Gasteiger partial charge in [-0.05, 0) is 119 Å². The number of aromatic amines is 2. The Kier molecular flexibility index (Phi) is 8.53. The first-order valence-corrected chi connectivity index (χ1v) is 19.1. The van der Waals surface area contributed by atoms with Gasteiger partial charge in [-0.25, -0.2) is 9.97 Å². The van der Waals surface area contributed by atoms with Crippen molar-refractivity contribution in [3.05, 3.63) is 156 Å². The van der Waals surface area contributed by atoms with Gasteiger partial charge < -0.3 is 9.97 Å². The molecule has 0 radical (unpaired) electrons. The Morgan fingerprint density at radius 2 is 0.589 bits per heavy atom. The number of nitrogens with zero attached hydrogens (tertiary/aromatic N) is 4. The fourth-order valence-electron chi connectivity index (χ4n) is 7.78. The first-order chi connectivity index (χ1) is 27.0. The van der Waals surface area contributed by atoms with Gasteiger partial charge in [-0.3, -0.25) is 8.97 Å². The lowest BCUT2D eigenvalue weighted by Gasteiger charge is -2.23. The predicted molar refractivity (Wildman–Crippen MR) is 240 cm³/mol. The van der Waals surface area contributed by atoms with E-state index in [1.807, 2.05) is 0 Å². The van der Waals surface area contributed by atoms with Gasteiger partial charge in [-0.1, -0.05) is 60.7 Å². The van der Waals surface area contributed by atoms with Crippen molar-refractivity contribution in [2.75, 3.05) is 42.3 Å². The lowest BCUT2D eigenvalue weighted by atomic mass is 10.0. The van der Waals surface area contributed by atoms with Crippen LogP contribution in [0.2, 0.25) is 0 Å². The summed E-state index contributed by atoms with van der Waals surface area (Å²) in [5.74, 6) is 0. The van der Waals surface area contributed by atoms with E-state index in [4.69, 9.17) is 9.97 Å². The van der Waals surface area contributed by atoms with Crippen molar-refractivity contribution < 1.29 is 0 Å². The van der Waals surface area contributed by atoms with Crippen LogP contribution in [0.3, 0.4) is 0 Å². The number of rotatable bonds is 6. The van der Waals surface area contributed by atoms with Gasteiger partial charge in [0.1, 0.15) is 11.4 Å². The number of hydrogen-bond donors (Lipinski definition) is 2. The van der Waals surface area contributed by atoms with E-state index >= 15 is 0 Å². The highest BCUT2D eigenvalue weighted by Gasteiger charge is 2.20. The predicted octanol–water partition coefficient (Wildman–Crippen LogP) is 11.7. The third-order valence-corrected chi connectivity index (χ3v) is 10.7. The minimum atomic E-state index is 0.735. The van der Waals surface area contributed by atoms with Gasteiger partial charge >= 0.3 is 0 Å². The largest absolute Gasteiger partial charge is 0.354 e. The van der Waals surface area contributed by atoms with Crippen molar-refractivity contribution in [2.24, 2.45) is 0 Å². The van der Waals surface area contributed by atoms with Crippen molar-refractivity contribution in [2.45, 2.75) is 0 Å². The summed E-state index contributed by atoms with van der Waals surface area (Å²) in [6.45, 7) is 0. The minimum Gasteiger partial charge on any atom is -0.354 e. The van der Waals surface area contributed by atoms with Gasteiger partial charge in [0, 0.05) is 44.3 Å². The standard InChI is InChI=1S/C50H46N6/c1-55(2,3)37-21-17-35(18-22-37)49-43-29-25-39(51-43)47(33-13-9-7-10-14-33)41-27-31-45(53-41)50(36-19-23-38(24-20-36)56(4,5)6)46-32-28-42(54-46)48(34-15-11-8-12-16-34)40-26-30-44(49)52-40/h7-32,51,54H,1-6H3/q+2. The number of nitrogens with one attached hydrogen (secondary N) is 2. The fourth-order valence-corrected chi connectivity index (χ4v) is 7.78. The number of aromatic nitrogens is 4. The molecule has 8 bridgehead atoms. The van der Waals surface area contributed by atoms with Gasteiger partial charge in [-0.2, -0.15) is 0 Å². The zero-order valence-electron chi connectivity index (χ0n) is 32.8. The van der Waals surface area contributed by atoms with Crippen LogP contribution in [0.5, 0.6) is 0 Å². The quantitative estimate of drug-likeness (QED) is 0.167. The first-order valence-electron chi connectivity index (χ1n) is 19.1. The van der Waals surface area contributed by atoms with Gasteiger partial charge in [0.05, 0.1) is 65.1 Å². The van der Waals surface area contributed by atoms with Gasteiger partial charge in [0.2, 0.25) is 0 Å². The van der Waals surface area contributed by atoms with Crippen LogP contribution in [0.25, 0.3) is 90.9 Å². The molecule has 5 heterocycles. The molecule has 6 heteroatoms. The molecular formula is C50H46N6+2. The van der Waals surface area contributed by atoms with Crippen LogP contribution in [0.1, 0.15) is 22.8 Å². The Morgan fingerprint density at radius 3 is 0.857 bits per heavy atom. The Bertz CT molecular complexity index is 2630. The summed E-state index contributed by atoms with van der Waals surface area (Å²) in [6, 6.07) is 47.6. The van der Waals surface area contributed by atoms with Crippen LogP contribution in [0.15, 0.2) is 133 Å². The molecule has 0 saturated heterocycles. The van der Waals surface area contributed by atoms with E-state index in [9.17, 15) is 0 Å². The molecule has 0 spiro atoms. The second-order valence-corrected chi connectivity index (χ2v) is 16.4. The summed E-state index contributed by atoms with van der Waals surface area (Å²) in [6.07, 6.45) is 8.62. The Hall–Kier alpha value is -6.60. The summed E-state index contributed by atoms with van der Waals surface area (Å²) in [5, 5.41) is 0. The van der Waals surface area contributed by atoms with E-state index in [0.29, 0.717) is 0 Å². The molecule has 274 valence electrons. The molecule has 0 saturated carbocycles. The fraction of sp³-hybridized carbons (Fsp3) is 0.120. The van der Waals surface area contributed by atoms with Crippen LogP contribution >= 0.6 is 0 Å². The molecule has 0 fully saturated rings. The summed E-state index contributed by atoms with van der Waals surface area (Å²) >= 11 is 0. The van der Waals surface area contributed by atoms with Gasteiger partial charge in [0.25, 0.3) is 0 Å². The number of benzene rings is 4. The molecule has 0 atom stereocenters. The molecule has 0 unspecified atom stereocenters. The zero-order chi connectivity index (χ0) is 38.6. The van der Waals surface area contributed by atoms with E-state index in [-0.39, 0.29) is 0 Å². The van der Waals surface area contributed by atoms with Crippen molar-refractivity contribution in [3.8, 4) is 44.5 Å². The first kappa shape index (κ1) is 35.1. The third kappa shape index (κ3) is 6.49. The molecule has 56 heavy (non-hydrogen) atoms. The summed E-state index contributed by atoms with van der Waals surface area (Å²) in [4.78, 5) is 18.6. The molecule has 0 aliphatic carbocycles. The van der Waals surface area contributed by atoms with Crippen LogP contribution in [0.4, 0.5) is 11.4 Å². The molecular weight excluding hydrogens is 685 g/mol. The third-order valence-electron chi connectivity index (χ3n) is 10.7. The molecule has 3 aromatic heterocycles. The van der Waals surface area contributed by atoms with E-state index in [1.54, 1.807) is 0 Å². The van der Waals surface area contributed by atoms with Gasteiger partial charge in [-0.15, -0.1) is 0 Å². The van der Waals surface area contributed by atoms with Crippen molar-refractivity contribution >= 4 is 57.7 Å². The number of H-pyrrole nitrogens is 2. The zero-order valence-corrected chi connectivity index (χ0v) is 32.8. The Morgan fingerprint density at radius 1 is 0.321 bits per heavy atom. The topological polar surface area (TPSA) is 57.4 Å². The molecule has 2 N–H and O–H groups in total. The van der Waals surface area contributed by atoms with E-state index in [0.717, 1.165) is 98.3 Å². The van der Waals surface area contributed by atoms with E-state index in [1.165, 1.54) is 11.4 Å². The normalized spacial score (nSPS) is 12.7. The summed E-state index contributed by atoms with van der Waals surface area (Å²) in [5.41, 5.74) is 18.5. The summed E-state index contributed by atoms with van der Waals surface area (Å²) in [7, 11) is 13.1. The van der Waals surface area contributed by atoms with Gasteiger partial charge in [0.15, 0.2) is 0 Å². The Balaban J connectivity index is 1.43. The molecule has 7 aromatic rings. The monoisotopic (exact) mass is 730 g/mol. The Labute approximate surface area is 328 Å². The lowest BCUT2D eigenvalue weighted by molar-refractivity contribution is 0.486. The molecule has 0 amide bonds. The average Bonchev–Trinajstić information content (AvgIpc) is 4.03. The highest BCUT2D eigenvalue weighted by Crippen LogP contribution is 2.39. The molecule has 4 aromatic carbocycles. The maximum absolute atomic E-state index is 5.45. The highest BCUT2D eigenvalue weighted by atomic mass is 15.3. The summed E-state index contributed by atoms with van der Waals surface area (Å²) < 4.78 is 1.47. The maximum atomic E-state index is 5.45. The van der Waals surface area contributed by atoms with Crippen LogP contribution < -0.4 is 8.97 Å². The smallest absolute Gasteiger partial charge is 0.132 e. The molecule has 2 aliphatic rings. The number of fused-ring (bicyclic) bond motifs is 8. The minimum absolute atomic E-state index is 0.735. The maximum Gasteiger partial charge on any atom is 0.132 e. The van der Waals surface area contributed by atoms with E-state index < -0.39 is 0 Å². The van der Waals surface area contributed by atoms with Crippen LogP contribution in [-0.2, 0) is 0 Å². The van der Waals surface area contributed by atoms with E-state index in [2.05, 4.69) is 210 Å². The van der Waals surface area contributed by atoms with Crippen molar-refractivity contribution in [1.82, 2.24) is 28.9 Å². The molecule has 9 rings (SSSR count). The molecule has 2 aliphatic heterocycles. The second kappa shape index (κ2) is 13.6. The second-order valence-electron chi connectivity index (χ2n) is 16.4. The lowest BCUT2D eigenvalue weighted by Crippen LogP contribution is -2.34.